The topological polar surface area (TPSA) is 93.6 Å². The molecule has 8 heteroatoms. The molecule has 0 aliphatic carbocycles. The molecule has 1 aromatic heterocycles. The molecule has 150 valence electrons. The summed E-state index contributed by atoms with van der Waals surface area (Å²) in [6.07, 6.45) is 1.63. The zero-order chi connectivity index (χ0) is 21.1. The number of halogens is 1. The van der Waals surface area contributed by atoms with Crippen molar-refractivity contribution in [3.05, 3.63) is 73.5 Å². The van der Waals surface area contributed by atoms with Crippen LogP contribution in [0.5, 0.6) is 11.5 Å². The van der Waals surface area contributed by atoms with Crippen molar-refractivity contribution in [3.63, 3.8) is 0 Å². The van der Waals surface area contributed by atoms with Crippen LogP contribution in [0.25, 0.3) is 18.3 Å². The van der Waals surface area contributed by atoms with E-state index in [0.29, 0.717) is 44.9 Å². The quantitative estimate of drug-likeness (QED) is 0.644. The zero-order valence-corrected chi connectivity index (χ0v) is 16.6. The van der Waals surface area contributed by atoms with Crippen molar-refractivity contribution in [3.8, 4) is 17.2 Å². The highest BCUT2D eigenvalue weighted by atomic mass is 35.5. The molecule has 7 nitrogen and oxygen atoms in total. The number of aromatic carboxylic acids is 1. The van der Waals surface area contributed by atoms with Gasteiger partial charge >= 0.3 is 5.97 Å². The molecule has 0 aliphatic heterocycles. The van der Waals surface area contributed by atoms with E-state index in [1.54, 1.807) is 30.3 Å². The number of carbonyl (C=O) groups is 1. The maximum Gasteiger partial charge on any atom is 0.335 e. The fraction of sp³-hybridized carbons (Fsp3) is 0.143. The molecule has 0 spiro atoms. The van der Waals surface area contributed by atoms with E-state index in [1.807, 2.05) is 6.92 Å². The molecule has 0 aliphatic rings. The van der Waals surface area contributed by atoms with Gasteiger partial charge in [-0.15, -0.1) is 0 Å². The van der Waals surface area contributed by atoms with Crippen molar-refractivity contribution < 1.29 is 19.4 Å². The van der Waals surface area contributed by atoms with Gasteiger partial charge in [0.25, 0.3) is 5.56 Å². The molecule has 2 aromatic carbocycles. The molecule has 0 saturated carbocycles. The Morgan fingerprint density at radius 1 is 1.34 bits per heavy atom. The number of nitrogens with one attached hydrogen (secondary N) is 1. The predicted molar refractivity (Wildman–Crippen MR) is 111 cm³/mol. The fourth-order valence-corrected chi connectivity index (χ4v) is 3.20. The number of aromatic nitrogens is 2. The molecule has 3 aromatic rings. The summed E-state index contributed by atoms with van der Waals surface area (Å²) in [6.45, 7) is 6.15. The second kappa shape index (κ2) is 8.28. The molecule has 0 radical (unpaired) electrons. The first-order valence-electron chi connectivity index (χ1n) is 8.71. The number of nitrogens with zero attached hydrogens (tertiary/aromatic N) is 1. The van der Waals surface area contributed by atoms with E-state index in [2.05, 4.69) is 11.7 Å². The molecule has 0 fully saturated rings. The lowest BCUT2D eigenvalue weighted by Crippen LogP contribution is -2.34. The molecule has 0 bridgehead atoms. The van der Waals surface area contributed by atoms with Crippen molar-refractivity contribution in [1.82, 2.24) is 9.78 Å². The largest absolute Gasteiger partial charge is 0.491 e. The van der Waals surface area contributed by atoms with Crippen LogP contribution in [0, 0.1) is 0 Å². The van der Waals surface area contributed by atoms with E-state index in [4.69, 9.17) is 26.2 Å². The Hall–Kier alpha value is -3.45. The third-order valence-corrected chi connectivity index (χ3v) is 4.48. The summed E-state index contributed by atoms with van der Waals surface area (Å²) < 4.78 is 12.1. The van der Waals surface area contributed by atoms with Crippen LogP contribution in [-0.2, 0) is 0 Å². The van der Waals surface area contributed by atoms with Gasteiger partial charge in [-0.05, 0) is 48.9 Å². The van der Waals surface area contributed by atoms with E-state index in [1.165, 1.54) is 23.9 Å². The van der Waals surface area contributed by atoms with E-state index in [-0.39, 0.29) is 11.1 Å². The minimum atomic E-state index is -1.08. The van der Waals surface area contributed by atoms with Gasteiger partial charge in [-0.2, -0.15) is 0 Å². The second-order valence-corrected chi connectivity index (χ2v) is 6.52. The molecular weight excluding hydrogens is 396 g/mol. The van der Waals surface area contributed by atoms with Crippen LogP contribution in [0.4, 0.5) is 0 Å². The van der Waals surface area contributed by atoms with Crippen molar-refractivity contribution in [2.45, 2.75) is 6.92 Å². The number of ether oxygens (including phenoxy) is 2. The first-order valence-corrected chi connectivity index (χ1v) is 9.09. The Kier molecular flexibility index (Phi) is 5.79. The van der Waals surface area contributed by atoms with Crippen LogP contribution < -0.4 is 25.6 Å². The third kappa shape index (κ3) is 4.05. The summed E-state index contributed by atoms with van der Waals surface area (Å²) in [5.41, 5.74) is 0.722. The third-order valence-electron chi connectivity index (χ3n) is 4.20. The second-order valence-electron chi connectivity index (χ2n) is 6.11. The van der Waals surface area contributed by atoms with Crippen molar-refractivity contribution in [2.75, 3.05) is 13.7 Å². The molecule has 0 saturated heterocycles. The van der Waals surface area contributed by atoms with Gasteiger partial charge in [-0.3, -0.25) is 9.89 Å². The maximum atomic E-state index is 12.9. The SMILES string of the molecule is C=c1[nH]n(-c2cccc(C(=O)O)c2)c(=O)/c1=C/c1cc(Cl)c(OC)c(OCC)c1. The molecule has 2 N–H and O–H groups in total. The van der Waals surface area contributed by atoms with E-state index < -0.39 is 5.97 Å². The number of rotatable bonds is 6. The summed E-state index contributed by atoms with van der Waals surface area (Å²) >= 11 is 6.28. The monoisotopic (exact) mass is 414 g/mol. The first-order chi connectivity index (χ1) is 13.8. The average molecular weight is 415 g/mol. The Balaban J connectivity index is 2.16. The highest BCUT2D eigenvalue weighted by Gasteiger charge is 2.12. The molecule has 29 heavy (non-hydrogen) atoms. The van der Waals surface area contributed by atoms with Gasteiger partial charge in [0.1, 0.15) is 0 Å². The lowest BCUT2D eigenvalue weighted by Gasteiger charge is -2.11. The van der Waals surface area contributed by atoms with Crippen molar-refractivity contribution in [1.29, 1.82) is 0 Å². The van der Waals surface area contributed by atoms with Crippen LogP contribution in [0.3, 0.4) is 0 Å². The molecule has 0 amide bonds. The molecule has 0 unspecified atom stereocenters. The molecule has 3 rings (SSSR count). The number of hydrogen-bond acceptors (Lipinski definition) is 4. The highest BCUT2D eigenvalue weighted by Crippen LogP contribution is 2.36. The number of hydrogen-bond donors (Lipinski definition) is 2. The number of H-pyrrole nitrogens is 1. The number of carboxylic acids is 1. The predicted octanol–water partition coefficient (Wildman–Crippen LogP) is 2.16. The van der Waals surface area contributed by atoms with Crippen LogP contribution in [0.2, 0.25) is 5.02 Å². The standard InChI is InChI=1S/C21H19ClN2O5/c1-4-29-18-10-13(9-17(22)19(18)28-3)8-16-12(2)23-24(20(16)25)15-7-5-6-14(11-15)21(26)27/h5-11,23H,2,4H2,1,3H3,(H,26,27)/b16-8+. The van der Waals surface area contributed by atoms with E-state index >= 15 is 0 Å². The minimum Gasteiger partial charge on any atom is -0.491 e. The fourth-order valence-electron chi connectivity index (χ4n) is 2.90. The molecule has 0 atom stereocenters. The van der Waals surface area contributed by atoms with Gasteiger partial charge in [0.15, 0.2) is 11.5 Å². The highest BCUT2D eigenvalue weighted by molar-refractivity contribution is 6.32. The lowest BCUT2D eigenvalue weighted by atomic mass is 10.1. The van der Waals surface area contributed by atoms with E-state index in [9.17, 15) is 9.59 Å². The number of aromatic amines is 1. The van der Waals surface area contributed by atoms with Gasteiger partial charge in [0.05, 0.1) is 40.6 Å². The van der Waals surface area contributed by atoms with Gasteiger partial charge in [-0.25, -0.2) is 9.48 Å². The van der Waals surface area contributed by atoms with Gasteiger partial charge < -0.3 is 14.6 Å². The summed E-state index contributed by atoms with van der Waals surface area (Å²) in [4.78, 5) is 24.1. The van der Waals surface area contributed by atoms with Gasteiger partial charge in [0.2, 0.25) is 0 Å². The summed E-state index contributed by atoms with van der Waals surface area (Å²) in [5.74, 6) is -0.203. The Morgan fingerprint density at radius 2 is 2.10 bits per heavy atom. The summed E-state index contributed by atoms with van der Waals surface area (Å²) in [6, 6.07) is 9.42. The van der Waals surface area contributed by atoms with Gasteiger partial charge in [0, 0.05) is 0 Å². The number of benzene rings is 2. The van der Waals surface area contributed by atoms with Crippen molar-refractivity contribution in [2.24, 2.45) is 0 Å². The van der Waals surface area contributed by atoms with E-state index in [0.717, 1.165) is 0 Å². The molecule has 1 heterocycles. The van der Waals surface area contributed by atoms with Crippen molar-refractivity contribution >= 4 is 30.2 Å². The van der Waals surface area contributed by atoms with Crippen LogP contribution in [-0.4, -0.2) is 34.6 Å². The maximum absolute atomic E-state index is 12.9. The normalized spacial score (nSPS) is 11.5. The first kappa shape index (κ1) is 20.3. The van der Waals surface area contributed by atoms with Crippen LogP contribution in [0.15, 0.2) is 41.2 Å². The Bertz CT molecular complexity index is 1240. The molecular formula is C21H19ClN2O5. The average Bonchev–Trinajstić information content (AvgIpc) is 2.96. The Labute approximate surface area is 171 Å². The van der Waals surface area contributed by atoms with Crippen LogP contribution >= 0.6 is 11.6 Å². The smallest absolute Gasteiger partial charge is 0.335 e. The summed E-state index contributed by atoms with van der Waals surface area (Å²) in [7, 11) is 1.50. The number of carboxylic acid groups (broad SMARTS) is 1. The van der Waals surface area contributed by atoms with Crippen LogP contribution in [0.1, 0.15) is 22.8 Å². The Morgan fingerprint density at radius 3 is 2.76 bits per heavy atom. The minimum absolute atomic E-state index is 0.0726. The number of methoxy groups -OCH3 is 1. The zero-order valence-electron chi connectivity index (χ0n) is 15.9. The summed E-state index contributed by atoms with van der Waals surface area (Å²) in [5, 5.41) is 13.1. The van der Waals surface area contributed by atoms with Gasteiger partial charge in [-0.1, -0.05) is 24.2 Å². The lowest BCUT2D eigenvalue weighted by molar-refractivity contribution is 0.0697.